The second kappa shape index (κ2) is 3.86. The van der Waals surface area contributed by atoms with E-state index in [1.807, 2.05) is 0 Å². The van der Waals surface area contributed by atoms with Crippen molar-refractivity contribution in [3.05, 3.63) is 29.6 Å². The Morgan fingerprint density at radius 2 is 2.50 bits per heavy atom. The number of hydrogen-bond donors (Lipinski definition) is 2. The summed E-state index contributed by atoms with van der Waals surface area (Å²) in [5, 5.41) is 8.79. The SMILES string of the molecule is C#Cc1cnccc1[C@H](N)CO. The van der Waals surface area contributed by atoms with Crippen LogP contribution in [0.5, 0.6) is 0 Å². The third-order valence-electron chi connectivity index (χ3n) is 1.61. The van der Waals surface area contributed by atoms with E-state index in [0.29, 0.717) is 5.56 Å². The zero-order valence-corrected chi connectivity index (χ0v) is 6.57. The molecule has 3 nitrogen and oxygen atoms in total. The van der Waals surface area contributed by atoms with Crippen molar-refractivity contribution in [3.8, 4) is 12.3 Å². The third kappa shape index (κ3) is 1.62. The fourth-order valence-corrected chi connectivity index (χ4v) is 0.947. The lowest BCUT2D eigenvalue weighted by Crippen LogP contribution is -2.15. The van der Waals surface area contributed by atoms with Gasteiger partial charge < -0.3 is 10.8 Å². The first-order valence-corrected chi connectivity index (χ1v) is 3.56. The second-order valence-electron chi connectivity index (χ2n) is 2.40. The number of terminal acetylenes is 1. The van der Waals surface area contributed by atoms with E-state index in [9.17, 15) is 0 Å². The van der Waals surface area contributed by atoms with Gasteiger partial charge in [-0.15, -0.1) is 6.42 Å². The van der Waals surface area contributed by atoms with Crippen LogP contribution in [-0.4, -0.2) is 16.7 Å². The van der Waals surface area contributed by atoms with Gasteiger partial charge in [0.2, 0.25) is 0 Å². The van der Waals surface area contributed by atoms with Gasteiger partial charge in [0.15, 0.2) is 0 Å². The van der Waals surface area contributed by atoms with E-state index in [-0.39, 0.29) is 6.61 Å². The molecule has 0 aliphatic carbocycles. The maximum atomic E-state index is 8.79. The highest BCUT2D eigenvalue weighted by Crippen LogP contribution is 2.12. The molecule has 0 fully saturated rings. The van der Waals surface area contributed by atoms with Crippen molar-refractivity contribution in [2.45, 2.75) is 6.04 Å². The number of hydrogen-bond acceptors (Lipinski definition) is 3. The molecule has 0 bridgehead atoms. The summed E-state index contributed by atoms with van der Waals surface area (Å²) >= 11 is 0. The molecule has 1 aromatic heterocycles. The van der Waals surface area contributed by atoms with Crippen molar-refractivity contribution in [2.75, 3.05) is 6.61 Å². The van der Waals surface area contributed by atoms with Gasteiger partial charge in [0, 0.05) is 18.0 Å². The lowest BCUT2D eigenvalue weighted by molar-refractivity contribution is 0.268. The third-order valence-corrected chi connectivity index (χ3v) is 1.61. The van der Waals surface area contributed by atoms with Crippen molar-refractivity contribution in [3.63, 3.8) is 0 Å². The summed E-state index contributed by atoms with van der Waals surface area (Å²) in [7, 11) is 0. The molecule has 0 spiro atoms. The molecule has 1 rings (SSSR count). The Morgan fingerprint density at radius 1 is 1.75 bits per heavy atom. The predicted molar refractivity (Wildman–Crippen MR) is 46.2 cm³/mol. The molecule has 1 aromatic rings. The summed E-state index contributed by atoms with van der Waals surface area (Å²) in [6.07, 6.45) is 8.38. The van der Waals surface area contributed by atoms with Gasteiger partial charge in [0.05, 0.1) is 12.6 Å². The Morgan fingerprint density at radius 3 is 3.08 bits per heavy atom. The number of nitrogens with zero attached hydrogens (tertiary/aromatic N) is 1. The van der Waals surface area contributed by atoms with Crippen LogP contribution in [0.25, 0.3) is 0 Å². The molecular weight excluding hydrogens is 152 g/mol. The highest BCUT2D eigenvalue weighted by Gasteiger charge is 2.07. The van der Waals surface area contributed by atoms with Crippen molar-refractivity contribution >= 4 is 0 Å². The average molecular weight is 162 g/mol. The van der Waals surface area contributed by atoms with Crippen LogP contribution in [-0.2, 0) is 0 Å². The summed E-state index contributed by atoms with van der Waals surface area (Å²) in [5.41, 5.74) is 6.99. The summed E-state index contributed by atoms with van der Waals surface area (Å²) in [5.74, 6) is 2.46. The van der Waals surface area contributed by atoms with E-state index >= 15 is 0 Å². The standard InChI is InChI=1S/C9H10N2O/c1-2-7-5-11-4-3-8(7)9(10)6-12/h1,3-5,9,12H,6,10H2/t9-/m1/s1. The van der Waals surface area contributed by atoms with Gasteiger partial charge in [0.25, 0.3) is 0 Å². The topological polar surface area (TPSA) is 59.1 Å². The highest BCUT2D eigenvalue weighted by molar-refractivity contribution is 5.39. The lowest BCUT2D eigenvalue weighted by atomic mass is 10.0. The largest absolute Gasteiger partial charge is 0.394 e. The monoisotopic (exact) mass is 162 g/mol. The van der Waals surface area contributed by atoms with Crippen LogP contribution in [0.4, 0.5) is 0 Å². The van der Waals surface area contributed by atoms with E-state index in [1.54, 1.807) is 18.5 Å². The summed E-state index contributed by atoms with van der Waals surface area (Å²) in [6, 6.07) is 1.30. The van der Waals surface area contributed by atoms with Gasteiger partial charge in [-0.3, -0.25) is 4.98 Å². The Bertz CT molecular complexity index is 304. The molecule has 0 unspecified atom stereocenters. The Labute approximate surface area is 71.2 Å². The molecule has 0 aromatic carbocycles. The van der Waals surface area contributed by atoms with E-state index < -0.39 is 6.04 Å². The maximum absolute atomic E-state index is 8.79. The smallest absolute Gasteiger partial charge is 0.0624 e. The van der Waals surface area contributed by atoms with Gasteiger partial charge in [-0.25, -0.2) is 0 Å². The molecule has 3 heteroatoms. The molecule has 12 heavy (non-hydrogen) atoms. The van der Waals surface area contributed by atoms with Crippen LogP contribution >= 0.6 is 0 Å². The van der Waals surface area contributed by atoms with Crippen LogP contribution in [0.3, 0.4) is 0 Å². The highest BCUT2D eigenvalue weighted by atomic mass is 16.3. The lowest BCUT2D eigenvalue weighted by Gasteiger charge is -2.09. The first kappa shape index (κ1) is 8.72. The van der Waals surface area contributed by atoms with Crippen LogP contribution in [0.1, 0.15) is 17.2 Å². The van der Waals surface area contributed by atoms with Crippen molar-refractivity contribution in [1.82, 2.24) is 4.98 Å². The molecule has 0 saturated carbocycles. The number of aromatic nitrogens is 1. The molecule has 1 atom stereocenters. The second-order valence-corrected chi connectivity index (χ2v) is 2.40. The predicted octanol–water partition coefficient (Wildman–Crippen LogP) is 0.0550. The minimum atomic E-state index is -0.418. The molecule has 0 amide bonds. The maximum Gasteiger partial charge on any atom is 0.0624 e. The van der Waals surface area contributed by atoms with Crippen LogP contribution in [0.15, 0.2) is 18.5 Å². The summed E-state index contributed by atoms with van der Waals surface area (Å²) in [6.45, 7) is -0.112. The van der Waals surface area contributed by atoms with Crippen molar-refractivity contribution in [2.24, 2.45) is 5.73 Å². The first-order valence-electron chi connectivity index (χ1n) is 3.56. The van der Waals surface area contributed by atoms with Gasteiger partial charge in [-0.1, -0.05) is 5.92 Å². The Kier molecular flexibility index (Phi) is 2.81. The van der Waals surface area contributed by atoms with Crippen LogP contribution < -0.4 is 5.73 Å². The molecule has 62 valence electrons. The van der Waals surface area contributed by atoms with Gasteiger partial charge in [-0.2, -0.15) is 0 Å². The zero-order chi connectivity index (χ0) is 8.97. The zero-order valence-electron chi connectivity index (χ0n) is 6.57. The Balaban J connectivity index is 3.07. The van der Waals surface area contributed by atoms with E-state index in [4.69, 9.17) is 17.3 Å². The molecule has 0 aliphatic rings. The number of pyridine rings is 1. The molecule has 0 aliphatic heterocycles. The number of nitrogens with two attached hydrogens (primary N) is 1. The van der Waals surface area contributed by atoms with E-state index in [1.165, 1.54) is 0 Å². The fourth-order valence-electron chi connectivity index (χ4n) is 0.947. The summed E-state index contributed by atoms with van der Waals surface area (Å²) in [4.78, 5) is 3.85. The van der Waals surface area contributed by atoms with Crippen molar-refractivity contribution < 1.29 is 5.11 Å². The van der Waals surface area contributed by atoms with E-state index in [0.717, 1.165) is 5.56 Å². The first-order chi connectivity index (χ1) is 5.79. The van der Waals surface area contributed by atoms with Gasteiger partial charge in [0.1, 0.15) is 0 Å². The molecule has 3 N–H and O–H groups in total. The van der Waals surface area contributed by atoms with Gasteiger partial charge in [-0.05, 0) is 11.6 Å². The Hall–Kier alpha value is -1.37. The number of aliphatic hydroxyl groups is 1. The molecule has 1 heterocycles. The molecule has 0 saturated heterocycles. The van der Waals surface area contributed by atoms with Gasteiger partial charge >= 0.3 is 0 Å². The van der Waals surface area contributed by atoms with E-state index in [2.05, 4.69) is 10.9 Å². The molecular formula is C9H10N2O. The van der Waals surface area contributed by atoms with Crippen LogP contribution in [0, 0.1) is 12.3 Å². The summed E-state index contributed by atoms with van der Waals surface area (Å²) < 4.78 is 0. The average Bonchev–Trinajstić information content (AvgIpc) is 2.16. The fraction of sp³-hybridized carbons (Fsp3) is 0.222. The van der Waals surface area contributed by atoms with Crippen molar-refractivity contribution in [1.29, 1.82) is 0 Å². The normalized spacial score (nSPS) is 12.1. The number of rotatable bonds is 2. The number of aliphatic hydroxyl groups excluding tert-OH is 1. The molecule has 0 radical (unpaired) electrons. The minimum absolute atomic E-state index is 0.112. The minimum Gasteiger partial charge on any atom is -0.394 e. The van der Waals surface area contributed by atoms with Crippen LogP contribution in [0.2, 0.25) is 0 Å². The quantitative estimate of drug-likeness (QED) is 0.604.